The van der Waals surface area contributed by atoms with E-state index in [-0.39, 0.29) is 17.0 Å². The zero-order valence-corrected chi connectivity index (χ0v) is 9.97. The molecule has 0 radical (unpaired) electrons. The van der Waals surface area contributed by atoms with Crippen molar-refractivity contribution < 1.29 is 8.42 Å². The van der Waals surface area contributed by atoms with E-state index in [1.807, 2.05) is 0 Å². The van der Waals surface area contributed by atoms with Crippen molar-refractivity contribution in [2.75, 3.05) is 6.54 Å². The molecule has 6 nitrogen and oxygen atoms in total. The molecule has 1 heterocycles. The van der Waals surface area contributed by atoms with Crippen molar-refractivity contribution in [3.63, 3.8) is 0 Å². The highest BCUT2D eigenvalue weighted by molar-refractivity contribution is 7.89. The average molecular weight is 244 g/mol. The van der Waals surface area contributed by atoms with Gasteiger partial charge in [0, 0.05) is 18.7 Å². The van der Waals surface area contributed by atoms with Gasteiger partial charge < -0.3 is 5.73 Å². The van der Waals surface area contributed by atoms with Crippen molar-refractivity contribution in [3.05, 3.63) is 11.8 Å². The molecule has 2 rings (SSSR count). The molecule has 0 aromatic carbocycles. The summed E-state index contributed by atoms with van der Waals surface area (Å²) in [6.45, 7) is 2.69. The molecule has 0 bridgehead atoms. The molecule has 0 atom stereocenters. The van der Waals surface area contributed by atoms with Crippen LogP contribution < -0.4 is 10.5 Å². The molecule has 90 valence electrons. The van der Waals surface area contributed by atoms with E-state index in [2.05, 4.69) is 21.8 Å². The molecule has 4 N–H and O–H groups in total. The first-order valence-electron chi connectivity index (χ1n) is 5.19. The molecule has 1 fully saturated rings. The molecule has 0 aliphatic heterocycles. The van der Waals surface area contributed by atoms with Crippen molar-refractivity contribution in [2.45, 2.75) is 31.3 Å². The molecule has 1 aromatic heterocycles. The van der Waals surface area contributed by atoms with Crippen LogP contribution in [0.25, 0.3) is 0 Å². The van der Waals surface area contributed by atoms with E-state index < -0.39 is 10.0 Å². The van der Waals surface area contributed by atoms with Gasteiger partial charge in [0.2, 0.25) is 0 Å². The third kappa shape index (κ3) is 2.26. The Labute approximate surface area is 94.7 Å². The van der Waals surface area contributed by atoms with E-state index in [0.29, 0.717) is 12.1 Å². The van der Waals surface area contributed by atoms with Gasteiger partial charge in [0.05, 0.1) is 6.20 Å². The summed E-state index contributed by atoms with van der Waals surface area (Å²) >= 11 is 0. The standard InChI is InChI=1S/C9H16N4O2S/c1-9(2-3-9)6-12-16(14,15)8-7(4-10)5-11-13-8/h5,12H,2-4,6,10H2,1H3,(H,11,13). The van der Waals surface area contributed by atoms with Crippen LogP contribution in [0, 0.1) is 5.41 Å². The number of nitrogens with one attached hydrogen (secondary N) is 2. The first-order chi connectivity index (χ1) is 7.47. The van der Waals surface area contributed by atoms with Crippen molar-refractivity contribution in [2.24, 2.45) is 11.1 Å². The van der Waals surface area contributed by atoms with Gasteiger partial charge in [0.15, 0.2) is 5.03 Å². The Kier molecular flexibility index (Phi) is 2.77. The van der Waals surface area contributed by atoms with E-state index in [1.165, 1.54) is 6.20 Å². The van der Waals surface area contributed by atoms with Gasteiger partial charge >= 0.3 is 0 Å². The van der Waals surface area contributed by atoms with Crippen LogP contribution in [-0.2, 0) is 16.6 Å². The number of hydrogen-bond acceptors (Lipinski definition) is 4. The number of nitrogens with zero attached hydrogens (tertiary/aromatic N) is 1. The molecule has 1 aromatic rings. The first-order valence-corrected chi connectivity index (χ1v) is 6.67. The topological polar surface area (TPSA) is 101 Å². The van der Waals surface area contributed by atoms with Crippen LogP contribution in [0.1, 0.15) is 25.3 Å². The number of aromatic nitrogens is 2. The van der Waals surface area contributed by atoms with Gasteiger partial charge in [-0.15, -0.1) is 0 Å². The highest BCUT2D eigenvalue weighted by atomic mass is 32.2. The van der Waals surface area contributed by atoms with Crippen LogP contribution in [0.4, 0.5) is 0 Å². The number of rotatable bonds is 5. The van der Waals surface area contributed by atoms with Crippen LogP contribution in [0.15, 0.2) is 11.2 Å². The van der Waals surface area contributed by atoms with Crippen LogP contribution in [0.3, 0.4) is 0 Å². The smallest absolute Gasteiger partial charge is 0.257 e. The number of H-pyrrole nitrogens is 1. The van der Waals surface area contributed by atoms with Gasteiger partial charge in [0.25, 0.3) is 10.0 Å². The van der Waals surface area contributed by atoms with Crippen molar-refractivity contribution in [3.8, 4) is 0 Å². The predicted molar refractivity (Wildman–Crippen MR) is 59.0 cm³/mol. The minimum Gasteiger partial charge on any atom is -0.326 e. The maximum Gasteiger partial charge on any atom is 0.257 e. The van der Waals surface area contributed by atoms with Crippen LogP contribution in [-0.4, -0.2) is 25.2 Å². The van der Waals surface area contributed by atoms with E-state index in [9.17, 15) is 8.42 Å². The zero-order valence-electron chi connectivity index (χ0n) is 9.16. The Morgan fingerprint density at radius 2 is 2.31 bits per heavy atom. The lowest BCUT2D eigenvalue weighted by Crippen LogP contribution is -2.30. The fourth-order valence-corrected chi connectivity index (χ4v) is 2.75. The van der Waals surface area contributed by atoms with Gasteiger partial charge in [-0.05, 0) is 18.3 Å². The number of nitrogens with two attached hydrogens (primary N) is 1. The molecule has 16 heavy (non-hydrogen) atoms. The average Bonchev–Trinajstić information content (AvgIpc) is 2.81. The molecule has 1 aliphatic carbocycles. The SMILES string of the molecule is CC1(CNS(=O)(=O)c2[nH]ncc2CN)CC1. The largest absolute Gasteiger partial charge is 0.326 e. The molecule has 7 heteroatoms. The highest BCUT2D eigenvalue weighted by Crippen LogP contribution is 2.44. The summed E-state index contributed by atoms with van der Waals surface area (Å²) in [7, 11) is -3.50. The summed E-state index contributed by atoms with van der Waals surface area (Å²) in [5.74, 6) is 0. The summed E-state index contributed by atoms with van der Waals surface area (Å²) in [6, 6.07) is 0. The van der Waals surface area contributed by atoms with E-state index >= 15 is 0 Å². The van der Waals surface area contributed by atoms with E-state index in [0.717, 1.165) is 12.8 Å². The Hall–Kier alpha value is -0.920. The summed E-state index contributed by atoms with van der Waals surface area (Å²) < 4.78 is 26.4. The highest BCUT2D eigenvalue weighted by Gasteiger charge is 2.38. The molecule has 0 spiro atoms. The van der Waals surface area contributed by atoms with Gasteiger partial charge in [-0.2, -0.15) is 5.10 Å². The Morgan fingerprint density at radius 1 is 1.62 bits per heavy atom. The van der Waals surface area contributed by atoms with Crippen molar-refractivity contribution in [1.82, 2.24) is 14.9 Å². The third-order valence-electron chi connectivity index (χ3n) is 2.96. The summed E-state index contributed by atoms with van der Waals surface area (Å²) in [4.78, 5) is 0. The fourth-order valence-electron chi connectivity index (χ4n) is 1.41. The summed E-state index contributed by atoms with van der Waals surface area (Å²) in [5, 5.41) is 6.25. The third-order valence-corrected chi connectivity index (χ3v) is 4.37. The number of aromatic amines is 1. The molecule has 0 amide bonds. The van der Waals surface area contributed by atoms with E-state index in [4.69, 9.17) is 5.73 Å². The molecular formula is C9H16N4O2S. The van der Waals surface area contributed by atoms with Gasteiger partial charge in [0.1, 0.15) is 0 Å². The minimum absolute atomic E-state index is 0.0826. The van der Waals surface area contributed by atoms with Gasteiger partial charge in [-0.25, -0.2) is 13.1 Å². The van der Waals surface area contributed by atoms with Gasteiger partial charge in [-0.3, -0.25) is 5.10 Å². The Bertz CT molecular complexity index is 475. The van der Waals surface area contributed by atoms with Crippen LogP contribution >= 0.6 is 0 Å². The minimum atomic E-state index is -3.50. The second kappa shape index (κ2) is 3.83. The maximum absolute atomic E-state index is 11.9. The lowest BCUT2D eigenvalue weighted by atomic mass is 10.2. The maximum atomic E-state index is 11.9. The fraction of sp³-hybridized carbons (Fsp3) is 0.667. The molecule has 1 aliphatic rings. The van der Waals surface area contributed by atoms with Crippen LogP contribution in [0.5, 0.6) is 0 Å². The first kappa shape index (κ1) is 11.6. The van der Waals surface area contributed by atoms with Gasteiger partial charge in [-0.1, -0.05) is 6.92 Å². The molecular weight excluding hydrogens is 228 g/mol. The summed E-state index contributed by atoms with van der Waals surface area (Å²) in [6.07, 6.45) is 3.58. The number of hydrogen-bond donors (Lipinski definition) is 3. The van der Waals surface area contributed by atoms with Crippen molar-refractivity contribution in [1.29, 1.82) is 0 Å². The summed E-state index contributed by atoms with van der Waals surface area (Å²) in [5.41, 5.74) is 6.08. The Balaban J connectivity index is 2.12. The predicted octanol–water partition coefficient (Wildman–Crippen LogP) is -0.0532. The Morgan fingerprint density at radius 3 is 2.88 bits per heavy atom. The quantitative estimate of drug-likeness (QED) is 0.675. The number of sulfonamides is 1. The van der Waals surface area contributed by atoms with E-state index in [1.54, 1.807) is 0 Å². The lowest BCUT2D eigenvalue weighted by Gasteiger charge is -2.10. The van der Waals surface area contributed by atoms with Crippen LogP contribution in [0.2, 0.25) is 0 Å². The normalized spacial score (nSPS) is 18.6. The lowest BCUT2D eigenvalue weighted by molar-refractivity contribution is 0.527. The second-order valence-corrected chi connectivity index (χ2v) is 6.27. The second-order valence-electron chi connectivity index (χ2n) is 4.56. The zero-order chi connectivity index (χ0) is 11.8. The van der Waals surface area contributed by atoms with Crippen molar-refractivity contribution >= 4 is 10.0 Å². The molecule has 0 unspecified atom stereocenters. The monoisotopic (exact) mass is 244 g/mol. The molecule has 0 saturated heterocycles. The molecule has 1 saturated carbocycles.